The van der Waals surface area contributed by atoms with Gasteiger partial charge >= 0.3 is 0 Å². The van der Waals surface area contributed by atoms with Crippen LogP contribution in [0.2, 0.25) is 0 Å². The van der Waals surface area contributed by atoms with Crippen molar-refractivity contribution in [1.82, 2.24) is 4.90 Å². The Kier molecular flexibility index (Phi) is 3.75. The molecule has 0 aromatic carbocycles. The summed E-state index contributed by atoms with van der Waals surface area (Å²) in [6.45, 7) is 2.39. The van der Waals surface area contributed by atoms with Gasteiger partial charge in [0.25, 0.3) is 0 Å². The maximum Gasteiger partial charge on any atom is 0.127 e. The van der Waals surface area contributed by atoms with Crippen molar-refractivity contribution in [3.8, 4) is 0 Å². The molecule has 2 aliphatic heterocycles. The van der Waals surface area contributed by atoms with Gasteiger partial charge in [0.2, 0.25) is 0 Å². The Morgan fingerprint density at radius 2 is 2.27 bits per heavy atom. The zero-order valence-corrected chi connectivity index (χ0v) is 8.88. The normalized spacial score (nSPS) is 24.5. The Morgan fingerprint density at radius 1 is 1.47 bits per heavy atom. The van der Waals surface area contributed by atoms with E-state index in [1.165, 1.54) is 0 Å². The maximum absolute atomic E-state index is 10.00. The highest BCUT2D eigenvalue weighted by molar-refractivity contribution is 5.61. The Bertz CT molecular complexity index is 247. The zero-order valence-electron chi connectivity index (χ0n) is 8.88. The lowest BCUT2D eigenvalue weighted by Gasteiger charge is -2.30. The molecular formula is C11H18N2O2. The number of nitrogens with zero attached hydrogens (tertiary/aromatic N) is 2. The fourth-order valence-electron chi connectivity index (χ4n) is 2.02. The number of hydrogen-bond acceptors (Lipinski definition) is 4. The molecule has 2 aliphatic rings. The molecule has 0 spiro atoms. The molecule has 1 fully saturated rings. The van der Waals surface area contributed by atoms with Crippen molar-refractivity contribution in [3.63, 3.8) is 0 Å². The molecule has 0 aromatic rings. The maximum atomic E-state index is 10.00. The van der Waals surface area contributed by atoms with Gasteiger partial charge in [-0.05, 0) is 25.2 Å². The molecule has 15 heavy (non-hydrogen) atoms. The predicted octanol–water partition coefficient (Wildman–Crippen LogP) is 0.979. The highest BCUT2D eigenvalue weighted by Gasteiger charge is 2.20. The third kappa shape index (κ3) is 3.04. The van der Waals surface area contributed by atoms with Gasteiger partial charge in [-0.15, -0.1) is 0 Å². The average Bonchev–Trinajstić information content (AvgIpc) is 2.31. The summed E-state index contributed by atoms with van der Waals surface area (Å²) in [6.07, 6.45) is 7.98. The minimum absolute atomic E-state index is 0.379. The molecule has 0 radical (unpaired) electrons. The van der Waals surface area contributed by atoms with Crippen LogP contribution in [-0.4, -0.2) is 42.2 Å². The molecule has 4 nitrogen and oxygen atoms in total. The van der Waals surface area contributed by atoms with Crippen LogP contribution in [0.3, 0.4) is 0 Å². The van der Waals surface area contributed by atoms with Gasteiger partial charge in [-0.3, -0.25) is 4.99 Å². The number of rotatable bonds is 3. The van der Waals surface area contributed by atoms with Gasteiger partial charge in [0, 0.05) is 31.8 Å². The van der Waals surface area contributed by atoms with Crippen LogP contribution >= 0.6 is 0 Å². The molecule has 4 heteroatoms. The predicted molar refractivity (Wildman–Crippen MR) is 58.5 cm³/mol. The minimum Gasteiger partial charge on any atom is -0.381 e. The molecule has 2 rings (SSSR count). The van der Waals surface area contributed by atoms with Crippen LogP contribution in [-0.2, 0) is 4.74 Å². The van der Waals surface area contributed by atoms with E-state index in [1.54, 1.807) is 6.20 Å². The van der Waals surface area contributed by atoms with E-state index in [-0.39, 0.29) is 6.23 Å². The van der Waals surface area contributed by atoms with E-state index < -0.39 is 0 Å². The van der Waals surface area contributed by atoms with Gasteiger partial charge < -0.3 is 14.7 Å². The van der Waals surface area contributed by atoms with Crippen molar-refractivity contribution in [1.29, 1.82) is 0 Å². The number of ether oxygens (including phenoxy) is 1. The second-order valence-electron chi connectivity index (χ2n) is 4.10. The van der Waals surface area contributed by atoms with E-state index in [0.29, 0.717) is 12.5 Å². The summed E-state index contributed by atoms with van der Waals surface area (Å²) in [4.78, 5) is 5.90. The van der Waals surface area contributed by atoms with Gasteiger partial charge in [0.1, 0.15) is 6.23 Å². The van der Waals surface area contributed by atoms with E-state index in [1.807, 2.05) is 17.3 Å². The largest absolute Gasteiger partial charge is 0.381 e. The van der Waals surface area contributed by atoms with Crippen LogP contribution < -0.4 is 0 Å². The van der Waals surface area contributed by atoms with Gasteiger partial charge in [-0.2, -0.15) is 0 Å². The summed E-state index contributed by atoms with van der Waals surface area (Å²) >= 11 is 0. The fraction of sp³-hybridized carbons (Fsp3) is 0.727. The van der Waals surface area contributed by atoms with E-state index in [9.17, 15) is 5.11 Å². The molecule has 84 valence electrons. The third-order valence-electron chi connectivity index (χ3n) is 3.01. The van der Waals surface area contributed by atoms with Crippen molar-refractivity contribution in [2.45, 2.75) is 25.5 Å². The van der Waals surface area contributed by atoms with Crippen molar-refractivity contribution in [2.24, 2.45) is 10.9 Å². The molecule has 0 saturated carbocycles. The molecule has 0 bridgehead atoms. The molecule has 0 aromatic heterocycles. The Hall–Kier alpha value is -0.870. The lowest BCUT2D eigenvalue weighted by Crippen LogP contribution is -2.35. The summed E-state index contributed by atoms with van der Waals surface area (Å²) in [6, 6.07) is 0. The fourth-order valence-corrected chi connectivity index (χ4v) is 2.02. The summed E-state index contributed by atoms with van der Waals surface area (Å²) in [7, 11) is 0. The number of aliphatic imine (C=N–C) groups is 1. The average molecular weight is 210 g/mol. The Labute approximate surface area is 90.3 Å². The quantitative estimate of drug-likeness (QED) is 0.755. The van der Waals surface area contributed by atoms with Gasteiger partial charge in [-0.1, -0.05) is 0 Å². The summed E-state index contributed by atoms with van der Waals surface area (Å²) in [5.41, 5.74) is 0. The van der Waals surface area contributed by atoms with Crippen molar-refractivity contribution < 1.29 is 9.84 Å². The highest BCUT2D eigenvalue weighted by atomic mass is 16.5. The topological polar surface area (TPSA) is 45.1 Å². The van der Waals surface area contributed by atoms with Gasteiger partial charge in [-0.25, -0.2) is 0 Å². The van der Waals surface area contributed by atoms with Crippen LogP contribution in [0.4, 0.5) is 0 Å². The molecule has 0 aliphatic carbocycles. The molecule has 1 saturated heterocycles. The third-order valence-corrected chi connectivity index (χ3v) is 3.01. The van der Waals surface area contributed by atoms with Gasteiger partial charge in [0.15, 0.2) is 0 Å². The second kappa shape index (κ2) is 5.28. The molecule has 1 N–H and O–H groups in total. The Morgan fingerprint density at radius 3 is 2.93 bits per heavy atom. The molecule has 1 unspecified atom stereocenters. The SMILES string of the molecule is OC(CC1CCOCC1)N1C=CN=CC1. The Balaban J connectivity index is 1.77. The van der Waals surface area contributed by atoms with E-state index in [2.05, 4.69) is 4.99 Å². The van der Waals surface area contributed by atoms with Crippen LogP contribution in [0.15, 0.2) is 17.4 Å². The first-order valence-corrected chi connectivity index (χ1v) is 5.56. The minimum atomic E-state index is -0.379. The standard InChI is InChI=1S/C11H18N2O2/c14-11(13-5-3-12-4-6-13)9-10-1-7-15-8-2-10/h3-5,10-11,14H,1-2,6-9H2. The van der Waals surface area contributed by atoms with Crippen LogP contribution in [0.25, 0.3) is 0 Å². The summed E-state index contributed by atoms with van der Waals surface area (Å²) < 4.78 is 5.30. The van der Waals surface area contributed by atoms with Crippen molar-refractivity contribution >= 4 is 6.21 Å². The first-order valence-electron chi connectivity index (χ1n) is 5.56. The second-order valence-corrected chi connectivity index (χ2v) is 4.10. The zero-order chi connectivity index (χ0) is 10.5. The highest BCUT2D eigenvalue weighted by Crippen LogP contribution is 2.21. The van der Waals surface area contributed by atoms with E-state index in [4.69, 9.17) is 4.74 Å². The summed E-state index contributed by atoms with van der Waals surface area (Å²) in [5, 5.41) is 10.00. The van der Waals surface area contributed by atoms with E-state index >= 15 is 0 Å². The smallest absolute Gasteiger partial charge is 0.127 e. The van der Waals surface area contributed by atoms with Crippen molar-refractivity contribution in [2.75, 3.05) is 19.8 Å². The number of aliphatic hydroxyl groups is 1. The molecular weight excluding hydrogens is 192 g/mol. The summed E-state index contributed by atoms with van der Waals surface area (Å²) in [5.74, 6) is 0.598. The van der Waals surface area contributed by atoms with E-state index in [0.717, 1.165) is 32.5 Å². The lowest BCUT2D eigenvalue weighted by molar-refractivity contribution is -0.00186. The molecule has 1 atom stereocenters. The monoisotopic (exact) mass is 210 g/mol. The lowest BCUT2D eigenvalue weighted by atomic mass is 9.95. The molecule has 0 amide bonds. The first-order chi connectivity index (χ1) is 7.36. The molecule has 2 heterocycles. The first kappa shape index (κ1) is 10.6. The van der Waals surface area contributed by atoms with Crippen LogP contribution in [0, 0.1) is 5.92 Å². The van der Waals surface area contributed by atoms with Crippen LogP contribution in [0.5, 0.6) is 0 Å². The number of aliphatic hydroxyl groups excluding tert-OH is 1. The van der Waals surface area contributed by atoms with Gasteiger partial charge in [0.05, 0.1) is 6.54 Å². The number of hydrogen-bond donors (Lipinski definition) is 1. The van der Waals surface area contributed by atoms with Crippen LogP contribution in [0.1, 0.15) is 19.3 Å². The van der Waals surface area contributed by atoms with Crippen molar-refractivity contribution in [3.05, 3.63) is 12.4 Å².